The number of nitrogens with one attached hydrogen (secondary N) is 1. The second kappa shape index (κ2) is 5.72. The van der Waals surface area contributed by atoms with Crippen molar-refractivity contribution in [2.75, 3.05) is 0 Å². The van der Waals surface area contributed by atoms with Gasteiger partial charge in [0.1, 0.15) is 0 Å². The molecule has 4 heteroatoms. The Bertz CT molecular complexity index is 447. The molecule has 0 aliphatic heterocycles. The first kappa shape index (κ1) is 13.4. The Morgan fingerprint density at radius 3 is 2.83 bits per heavy atom. The lowest BCUT2D eigenvalue weighted by Crippen LogP contribution is -2.49. The molecule has 1 aromatic carbocycles. The van der Waals surface area contributed by atoms with Gasteiger partial charge in [-0.2, -0.15) is 0 Å². The lowest BCUT2D eigenvalue weighted by Gasteiger charge is -2.29. The number of nitrogens with two attached hydrogens (primary N) is 1. The van der Waals surface area contributed by atoms with E-state index in [1.807, 2.05) is 13.0 Å². The quantitative estimate of drug-likeness (QED) is 0.865. The first-order valence-electron chi connectivity index (χ1n) is 6.40. The average Bonchev–Trinajstić information content (AvgIpc) is 2.35. The zero-order valence-electron chi connectivity index (χ0n) is 10.6. The first-order valence-corrected chi connectivity index (χ1v) is 6.78. The number of amides is 1. The van der Waals surface area contributed by atoms with Crippen LogP contribution in [-0.4, -0.2) is 18.0 Å². The van der Waals surface area contributed by atoms with Crippen molar-refractivity contribution < 1.29 is 4.79 Å². The van der Waals surface area contributed by atoms with E-state index >= 15 is 0 Å². The van der Waals surface area contributed by atoms with Gasteiger partial charge in [-0.15, -0.1) is 0 Å². The van der Waals surface area contributed by atoms with Crippen molar-refractivity contribution in [3.63, 3.8) is 0 Å². The van der Waals surface area contributed by atoms with E-state index in [0.29, 0.717) is 10.6 Å². The molecule has 0 unspecified atom stereocenters. The normalized spacial score (nSPS) is 23.7. The number of carbonyl (C=O) groups excluding carboxylic acids is 1. The van der Waals surface area contributed by atoms with E-state index in [9.17, 15) is 4.79 Å². The van der Waals surface area contributed by atoms with Gasteiger partial charge in [-0.1, -0.05) is 30.5 Å². The fraction of sp³-hybridized carbons (Fsp3) is 0.500. The van der Waals surface area contributed by atoms with Crippen molar-refractivity contribution >= 4 is 17.5 Å². The van der Waals surface area contributed by atoms with Crippen LogP contribution in [0.4, 0.5) is 0 Å². The summed E-state index contributed by atoms with van der Waals surface area (Å²) in [5.41, 5.74) is 7.60. The van der Waals surface area contributed by atoms with E-state index < -0.39 is 0 Å². The second-order valence-electron chi connectivity index (χ2n) is 4.99. The molecule has 0 aromatic heterocycles. The lowest BCUT2D eigenvalue weighted by atomic mass is 9.90. The van der Waals surface area contributed by atoms with Gasteiger partial charge in [0.2, 0.25) is 0 Å². The molecule has 1 aliphatic rings. The maximum Gasteiger partial charge on any atom is 0.251 e. The van der Waals surface area contributed by atoms with E-state index in [4.69, 9.17) is 17.3 Å². The predicted octanol–water partition coefficient (Wildman–Crippen LogP) is 2.65. The van der Waals surface area contributed by atoms with Crippen LogP contribution in [0.5, 0.6) is 0 Å². The van der Waals surface area contributed by atoms with Gasteiger partial charge in [-0.25, -0.2) is 0 Å². The Morgan fingerprint density at radius 2 is 2.11 bits per heavy atom. The van der Waals surface area contributed by atoms with Gasteiger partial charge in [0.15, 0.2) is 0 Å². The van der Waals surface area contributed by atoms with Crippen molar-refractivity contribution in [2.45, 2.75) is 44.7 Å². The Kier molecular flexibility index (Phi) is 4.25. The van der Waals surface area contributed by atoms with E-state index in [1.54, 1.807) is 12.1 Å². The Morgan fingerprint density at radius 1 is 1.39 bits per heavy atom. The van der Waals surface area contributed by atoms with Crippen molar-refractivity contribution in [2.24, 2.45) is 5.73 Å². The number of carbonyl (C=O) groups is 1. The molecule has 1 fully saturated rings. The first-order chi connectivity index (χ1) is 8.58. The summed E-state index contributed by atoms with van der Waals surface area (Å²) < 4.78 is 0. The highest BCUT2D eigenvalue weighted by Gasteiger charge is 2.24. The van der Waals surface area contributed by atoms with Crippen molar-refractivity contribution in [1.82, 2.24) is 5.32 Å². The third-order valence-corrected chi connectivity index (χ3v) is 3.82. The molecule has 1 aromatic rings. The third-order valence-electron chi connectivity index (χ3n) is 3.58. The van der Waals surface area contributed by atoms with E-state index in [0.717, 1.165) is 31.2 Å². The fourth-order valence-corrected chi connectivity index (χ4v) is 2.60. The minimum atomic E-state index is -0.0719. The smallest absolute Gasteiger partial charge is 0.251 e. The maximum atomic E-state index is 12.2. The molecule has 3 N–H and O–H groups in total. The van der Waals surface area contributed by atoms with Crippen LogP contribution in [0.15, 0.2) is 18.2 Å². The van der Waals surface area contributed by atoms with Crippen LogP contribution >= 0.6 is 11.6 Å². The molecule has 0 radical (unpaired) electrons. The molecule has 1 saturated carbocycles. The number of halogens is 1. The van der Waals surface area contributed by atoms with Crippen LogP contribution in [0, 0.1) is 6.92 Å². The van der Waals surface area contributed by atoms with Crippen LogP contribution in [0.3, 0.4) is 0 Å². The summed E-state index contributed by atoms with van der Waals surface area (Å²) in [6.45, 7) is 1.91. The van der Waals surface area contributed by atoms with E-state index in [1.165, 1.54) is 0 Å². The molecule has 1 aliphatic carbocycles. The van der Waals surface area contributed by atoms with Gasteiger partial charge in [-0.3, -0.25) is 4.79 Å². The van der Waals surface area contributed by atoms with Gasteiger partial charge < -0.3 is 11.1 Å². The van der Waals surface area contributed by atoms with Gasteiger partial charge in [0.25, 0.3) is 5.91 Å². The summed E-state index contributed by atoms with van der Waals surface area (Å²) in [5, 5.41) is 3.61. The zero-order valence-corrected chi connectivity index (χ0v) is 11.3. The Labute approximate surface area is 113 Å². The SMILES string of the molecule is Cc1ccc(Cl)cc1C(=O)N[C@@H]1CCCC[C@H]1N. The molecule has 18 heavy (non-hydrogen) atoms. The molecule has 3 nitrogen and oxygen atoms in total. The number of hydrogen-bond acceptors (Lipinski definition) is 2. The van der Waals surface area contributed by atoms with Gasteiger partial charge in [0, 0.05) is 22.7 Å². The van der Waals surface area contributed by atoms with Gasteiger partial charge in [-0.05, 0) is 37.5 Å². The van der Waals surface area contributed by atoms with Crippen LogP contribution in [-0.2, 0) is 0 Å². The van der Waals surface area contributed by atoms with E-state index in [-0.39, 0.29) is 18.0 Å². The second-order valence-corrected chi connectivity index (χ2v) is 5.42. The van der Waals surface area contributed by atoms with Gasteiger partial charge in [0.05, 0.1) is 0 Å². The zero-order chi connectivity index (χ0) is 13.1. The molecule has 98 valence electrons. The predicted molar refractivity (Wildman–Crippen MR) is 73.9 cm³/mol. The fourth-order valence-electron chi connectivity index (χ4n) is 2.42. The summed E-state index contributed by atoms with van der Waals surface area (Å²) in [6, 6.07) is 5.52. The standard InChI is InChI=1S/C14H19ClN2O/c1-9-6-7-10(15)8-11(9)14(18)17-13-5-3-2-4-12(13)16/h6-8,12-13H,2-5,16H2,1H3,(H,17,18)/t12-,13-/m1/s1. The molecule has 0 heterocycles. The highest BCUT2D eigenvalue weighted by Crippen LogP contribution is 2.19. The summed E-state index contributed by atoms with van der Waals surface area (Å²) in [7, 11) is 0. The largest absolute Gasteiger partial charge is 0.348 e. The summed E-state index contributed by atoms with van der Waals surface area (Å²) >= 11 is 5.93. The molecular formula is C14H19ClN2O. The lowest BCUT2D eigenvalue weighted by molar-refractivity contribution is 0.0920. The van der Waals surface area contributed by atoms with Gasteiger partial charge >= 0.3 is 0 Å². The summed E-state index contributed by atoms with van der Waals surface area (Å²) in [6.07, 6.45) is 4.24. The number of hydrogen-bond donors (Lipinski definition) is 2. The number of benzene rings is 1. The third kappa shape index (κ3) is 3.03. The minimum absolute atomic E-state index is 0.0715. The Balaban J connectivity index is 2.09. The molecular weight excluding hydrogens is 248 g/mol. The number of rotatable bonds is 2. The molecule has 0 bridgehead atoms. The molecule has 1 amide bonds. The minimum Gasteiger partial charge on any atom is -0.348 e. The van der Waals surface area contributed by atoms with Crippen molar-refractivity contribution in [3.05, 3.63) is 34.3 Å². The molecule has 0 saturated heterocycles. The van der Waals surface area contributed by atoms with Crippen LogP contribution in [0.1, 0.15) is 41.6 Å². The number of aryl methyl sites for hydroxylation is 1. The monoisotopic (exact) mass is 266 g/mol. The highest BCUT2D eigenvalue weighted by molar-refractivity contribution is 6.31. The van der Waals surface area contributed by atoms with Crippen LogP contribution in [0.25, 0.3) is 0 Å². The maximum absolute atomic E-state index is 12.2. The van der Waals surface area contributed by atoms with Crippen LogP contribution < -0.4 is 11.1 Å². The summed E-state index contributed by atoms with van der Waals surface area (Å²) in [4.78, 5) is 12.2. The topological polar surface area (TPSA) is 55.1 Å². The molecule has 2 atom stereocenters. The highest BCUT2D eigenvalue weighted by atomic mass is 35.5. The summed E-state index contributed by atoms with van der Waals surface area (Å²) in [5.74, 6) is -0.0719. The average molecular weight is 267 g/mol. The van der Waals surface area contributed by atoms with Crippen LogP contribution in [0.2, 0.25) is 5.02 Å². The van der Waals surface area contributed by atoms with Crippen molar-refractivity contribution in [3.8, 4) is 0 Å². The molecule has 2 rings (SSSR count). The Hall–Kier alpha value is -1.06. The van der Waals surface area contributed by atoms with Crippen molar-refractivity contribution in [1.29, 1.82) is 0 Å². The van der Waals surface area contributed by atoms with E-state index in [2.05, 4.69) is 5.32 Å². The molecule has 0 spiro atoms.